The van der Waals surface area contributed by atoms with Crippen LogP contribution < -0.4 is 32.7 Å². The van der Waals surface area contributed by atoms with Gasteiger partial charge >= 0.3 is 12.0 Å². The lowest BCUT2D eigenvalue weighted by molar-refractivity contribution is -0.143. The Morgan fingerprint density at radius 2 is 1.50 bits per heavy atom. The first-order chi connectivity index (χ1) is 36.9. The van der Waals surface area contributed by atoms with E-state index in [-0.39, 0.29) is 113 Å². The van der Waals surface area contributed by atoms with Crippen molar-refractivity contribution in [3.05, 3.63) is 89.9 Å². The lowest BCUT2D eigenvalue weighted by Crippen LogP contribution is -2.48. The fraction of sp³-hybridized carbons (Fsp3) is 0.527. The number of Topliss-reactive ketones (excluding diaryl/α,β-unsaturated/α-hetero) is 1. The summed E-state index contributed by atoms with van der Waals surface area (Å²) in [5.41, 5.74) is 11.7. The highest BCUT2D eigenvalue weighted by molar-refractivity contribution is 6.12. The molecule has 3 aromatic rings. The van der Waals surface area contributed by atoms with Gasteiger partial charge in [-0.05, 0) is 86.5 Å². The SMILES string of the molecule is CC(C)[C@H](NC(=O)CCCCCN1C(=O)C=CC1=O)C(=O)C[C@@H](CCCNC(N)=O)C(=O)N[C@H](CCCCNC(=O)[C@@H](N)CCN(C(=O)CO)[C@@H](c1nc(-c2cc(F)ccc2F)cn1Cc1ccccc1)C(C)(C)C)C(=O)O. The molecule has 0 unspecified atom stereocenters. The molecule has 10 N–H and O–H groups in total. The van der Waals surface area contributed by atoms with Crippen LogP contribution in [0, 0.1) is 28.9 Å². The minimum absolute atomic E-state index is 0.0564. The molecule has 0 saturated carbocycles. The van der Waals surface area contributed by atoms with Crippen LogP contribution in [0.15, 0.2) is 66.9 Å². The number of primary amides is 1. The summed E-state index contributed by atoms with van der Waals surface area (Å²) in [5, 5.41) is 30.7. The number of ketones is 1. The number of nitrogens with two attached hydrogens (primary N) is 2. The number of carbonyl (C=O) groups is 9. The summed E-state index contributed by atoms with van der Waals surface area (Å²) in [7, 11) is 0. The van der Waals surface area contributed by atoms with E-state index in [1.165, 1.54) is 17.1 Å². The van der Waals surface area contributed by atoms with Crippen LogP contribution in [0.2, 0.25) is 0 Å². The van der Waals surface area contributed by atoms with Gasteiger partial charge in [-0.2, -0.15) is 0 Å². The maximum absolute atomic E-state index is 15.1. The highest BCUT2D eigenvalue weighted by Crippen LogP contribution is 2.40. The summed E-state index contributed by atoms with van der Waals surface area (Å²) < 4.78 is 31.3. The third-order valence-corrected chi connectivity index (χ3v) is 13.3. The average Bonchev–Trinajstić information content (AvgIpc) is 3.95. The highest BCUT2D eigenvalue weighted by atomic mass is 19.1. The number of aliphatic hydroxyl groups excluding tert-OH is 1. The van der Waals surface area contributed by atoms with Crippen molar-refractivity contribution in [1.29, 1.82) is 0 Å². The summed E-state index contributed by atoms with van der Waals surface area (Å²) >= 11 is 0. The Balaban J connectivity index is 1.35. The Bertz CT molecular complexity index is 2590. The van der Waals surface area contributed by atoms with Gasteiger partial charge in [0, 0.05) is 75.4 Å². The maximum atomic E-state index is 15.1. The van der Waals surface area contributed by atoms with E-state index >= 15 is 4.39 Å². The molecule has 0 spiro atoms. The zero-order chi connectivity index (χ0) is 57.7. The Labute approximate surface area is 453 Å². The van der Waals surface area contributed by atoms with Gasteiger partial charge in [0.25, 0.3) is 11.8 Å². The normalized spacial score (nSPS) is 14.4. The van der Waals surface area contributed by atoms with Gasteiger partial charge in [0.15, 0.2) is 5.78 Å². The zero-order valence-electron chi connectivity index (χ0n) is 45.1. The number of carboxylic acid groups (broad SMARTS) is 1. The fourth-order valence-corrected chi connectivity index (χ4v) is 9.14. The molecular weight excluding hydrogens is 1010 g/mol. The van der Waals surface area contributed by atoms with Crippen LogP contribution in [0.5, 0.6) is 0 Å². The molecule has 0 fully saturated rings. The van der Waals surface area contributed by atoms with Crippen LogP contribution in [-0.2, 0) is 44.9 Å². The third-order valence-electron chi connectivity index (χ3n) is 13.3. The van der Waals surface area contributed by atoms with Crippen LogP contribution in [0.3, 0.4) is 0 Å². The Kier molecular flexibility index (Phi) is 24.7. The first kappa shape index (κ1) is 63.1. The van der Waals surface area contributed by atoms with Crippen molar-refractivity contribution in [2.24, 2.45) is 28.7 Å². The number of aliphatic carboxylic acids is 1. The maximum Gasteiger partial charge on any atom is 0.326 e. The predicted octanol–water partition coefficient (Wildman–Crippen LogP) is 4.01. The van der Waals surface area contributed by atoms with Crippen LogP contribution in [0.25, 0.3) is 11.3 Å². The molecule has 1 aliphatic rings. The van der Waals surface area contributed by atoms with E-state index in [2.05, 4.69) is 21.3 Å². The van der Waals surface area contributed by atoms with Crippen LogP contribution in [0.4, 0.5) is 13.6 Å². The summed E-state index contributed by atoms with van der Waals surface area (Å²) in [6, 6.07) is 7.16. The molecule has 0 bridgehead atoms. The van der Waals surface area contributed by atoms with Gasteiger partial charge in [0.1, 0.15) is 30.1 Å². The smallest absolute Gasteiger partial charge is 0.326 e. The number of aromatic nitrogens is 2. The molecular formula is C55H76F2N10O11. The Morgan fingerprint density at radius 3 is 2.13 bits per heavy atom. The van der Waals surface area contributed by atoms with E-state index in [4.69, 9.17) is 16.5 Å². The summed E-state index contributed by atoms with van der Waals surface area (Å²) in [4.78, 5) is 122. The predicted molar refractivity (Wildman–Crippen MR) is 284 cm³/mol. The van der Waals surface area contributed by atoms with E-state index in [1.807, 2.05) is 51.1 Å². The average molecular weight is 1090 g/mol. The number of carbonyl (C=O) groups excluding carboxylic acids is 8. The second-order valence-electron chi connectivity index (χ2n) is 20.9. The molecule has 5 atom stereocenters. The molecule has 4 rings (SSSR count). The molecule has 0 radical (unpaired) electrons. The number of benzene rings is 2. The lowest BCUT2D eigenvalue weighted by atomic mass is 9.84. The number of halogens is 2. The van der Waals surface area contributed by atoms with Gasteiger partial charge in [-0.25, -0.2) is 23.4 Å². The van der Waals surface area contributed by atoms with E-state index in [0.717, 1.165) is 28.7 Å². The van der Waals surface area contributed by atoms with Gasteiger partial charge in [-0.15, -0.1) is 0 Å². The van der Waals surface area contributed by atoms with Crippen molar-refractivity contribution in [1.82, 2.24) is 40.6 Å². The number of imidazole rings is 1. The Hall–Kier alpha value is -7.40. The standard InChI is InChI=1S/C55H76F2N10O11/c1-34(2)48(64-44(70)19-10-7-13-27-66-45(71)22-23-46(66)72)43(69)29-36(17-14-26-61-54(59)78)51(74)63-41(53(76)77)18-11-12-25-60-52(75)40(58)24-28-67(47(73)33-68)49(55(3,4)5)50-62-42(38-30-37(56)20-21-39(38)57)32-65(50)31-35-15-8-6-9-16-35/h6,8-9,15-16,20-23,30,32,34,36,40-41,48-49,68H,7,10-14,17-19,24-29,31,33,58H2,1-5H3,(H,60,75)(H,63,74)(H,64,70)(H,76,77)(H3,59,61,78)/t36-,40+,41-,48+,49+/m1/s1. The van der Waals surface area contributed by atoms with Gasteiger partial charge in [-0.3, -0.25) is 38.5 Å². The van der Waals surface area contributed by atoms with Crippen molar-refractivity contribution in [3.8, 4) is 11.3 Å². The fourth-order valence-electron chi connectivity index (χ4n) is 9.14. The summed E-state index contributed by atoms with van der Waals surface area (Å²) in [6.07, 6.45) is 5.79. The number of unbranched alkanes of at least 4 members (excludes halogenated alkanes) is 3. The number of nitrogens with one attached hydrogen (secondary N) is 4. The minimum Gasteiger partial charge on any atom is -0.480 e. The number of imide groups is 1. The van der Waals surface area contributed by atoms with Crippen molar-refractivity contribution in [2.75, 3.05) is 32.8 Å². The molecule has 1 aromatic heterocycles. The minimum atomic E-state index is -1.38. The number of rotatable bonds is 33. The zero-order valence-corrected chi connectivity index (χ0v) is 45.1. The second kappa shape index (κ2) is 30.5. The van der Waals surface area contributed by atoms with Gasteiger partial charge in [0.05, 0.1) is 23.8 Å². The molecule has 0 saturated heterocycles. The number of urea groups is 1. The van der Waals surface area contributed by atoms with E-state index < -0.39 is 95.2 Å². The van der Waals surface area contributed by atoms with Crippen molar-refractivity contribution in [2.45, 2.75) is 136 Å². The number of aliphatic hydroxyl groups is 1. The quantitative estimate of drug-likeness (QED) is 0.0316. The molecule has 23 heteroatoms. The van der Waals surface area contributed by atoms with Crippen LogP contribution >= 0.6 is 0 Å². The topological polar surface area (TPSA) is 319 Å². The first-order valence-electron chi connectivity index (χ1n) is 26.3. The molecule has 1 aliphatic heterocycles. The van der Waals surface area contributed by atoms with Gasteiger partial charge in [0.2, 0.25) is 23.6 Å². The van der Waals surface area contributed by atoms with Crippen molar-refractivity contribution >= 4 is 53.2 Å². The molecule has 78 heavy (non-hydrogen) atoms. The number of nitrogens with zero attached hydrogens (tertiary/aromatic N) is 4. The van der Waals surface area contributed by atoms with Crippen LogP contribution in [-0.4, -0.2) is 134 Å². The lowest BCUT2D eigenvalue weighted by Gasteiger charge is -2.40. The van der Waals surface area contributed by atoms with Gasteiger partial charge < -0.3 is 52.4 Å². The van der Waals surface area contributed by atoms with Gasteiger partial charge in [-0.1, -0.05) is 71.4 Å². The number of hydrogen-bond acceptors (Lipinski definition) is 12. The second-order valence-corrected chi connectivity index (χ2v) is 20.9. The molecule has 21 nitrogen and oxygen atoms in total. The van der Waals surface area contributed by atoms with Crippen molar-refractivity contribution < 1.29 is 62.1 Å². The molecule has 0 aliphatic carbocycles. The number of carboxylic acids is 1. The number of hydrogen-bond donors (Lipinski definition) is 8. The summed E-state index contributed by atoms with van der Waals surface area (Å²) in [6.45, 7) is 8.61. The number of amides is 8. The van der Waals surface area contributed by atoms with E-state index in [1.54, 1.807) is 24.6 Å². The Morgan fingerprint density at radius 1 is 0.821 bits per heavy atom. The molecule has 8 amide bonds. The summed E-state index contributed by atoms with van der Waals surface area (Å²) in [5.74, 6) is -7.45. The third kappa shape index (κ3) is 19.6. The molecule has 426 valence electrons. The van der Waals surface area contributed by atoms with E-state index in [0.29, 0.717) is 25.1 Å². The monoisotopic (exact) mass is 1090 g/mol. The molecule has 2 aromatic carbocycles. The van der Waals surface area contributed by atoms with Crippen molar-refractivity contribution in [3.63, 3.8) is 0 Å². The van der Waals surface area contributed by atoms with E-state index in [9.17, 15) is 57.8 Å². The largest absolute Gasteiger partial charge is 0.480 e. The highest BCUT2D eigenvalue weighted by Gasteiger charge is 2.39. The molecule has 2 heterocycles. The first-order valence-corrected chi connectivity index (χ1v) is 26.3. The van der Waals surface area contributed by atoms with Crippen LogP contribution in [0.1, 0.15) is 123 Å².